The van der Waals surface area contributed by atoms with Crippen molar-refractivity contribution >= 4 is 17.5 Å². The Bertz CT molecular complexity index is 1100. The van der Waals surface area contributed by atoms with Gasteiger partial charge in [0.25, 0.3) is 5.91 Å². The summed E-state index contributed by atoms with van der Waals surface area (Å²) in [7, 11) is 4.69. The highest BCUT2D eigenvalue weighted by Gasteiger charge is 2.29. The summed E-state index contributed by atoms with van der Waals surface area (Å²) < 4.78 is 45.0. The molecule has 2 aromatic rings. The van der Waals surface area contributed by atoms with Crippen molar-refractivity contribution in [3.63, 3.8) is 0 Å². The second kappa shape index (κ2) is 12.9. The largest absolute Gasteiger partial charge is 0.491 e. The zero-order valence-corrected chi connectivity index (χ0v) is 21.9. The van der Waals surface area contributed by atoms with E-state index in [0.29, 0.717) is 24.5 Å². The maximum absolute atomic E-state index is 14.5. The van der Waals surface area contributed by atoms with E-state index < -0.39 is 11.6 Å². The molecule has 0 unspecified atom stereocenters. The van der Waals surface area contributed by atoms with Crippen LogP contribution < -0.4 is 10.1 Å². The summed E-state index contributed by atoms with van der Waals surface area (Å²) in [5.41, 5.74) is 0.978. The number of likely N-dealkylation sites (N-methyl/N-ethyl adjacent to an activating group) is 1. The van der Waals surface area contributed by atoms with E-state index in [1.165, 1.54) is 13.2 Å². The average Bonchev–Trinajstić information content (AvgIpc) is 2.86. The van der Waals surface area contributed by atoms with Crippen LogP contribution in [0.25, 0.3) is 0 Å². The molecule has 1 heterocycles. The van der Waals surface area contributed by atoms with Gasteiger partial charge >= 0.3 is 0 Å². The minimum absolute atomic E-state index is 0.0436. The molecule has 10 heteroatoms. The number of hydrogen-bond acceptors (Lipinski definition) is 6. The predicted molar refractivity (Wildman–Crippen MR) is 136 cm³/mol. The van der Waals surface area contributed by atoms with Gasteiger partial charge in [0.1, 0.15) is 30.6 Å². The lowest BCUT2D eigenvalue weighted by Gasteiger charge is -2.36. The lowest BCUT2D eigenvalue weighted by Crippen LogP contribution is -2.46. The van der Waals surface area contributed by atoms with Crippen molar-refractivity contribution in [3.8, 4) is 5.75 Å². The number of benzene rings is 2. The summed E-state index contributed by atoms with van der Waals surface area (Å²) in [5.74, 6) is -1.29. The van der Waals surface area contributed by atoms with Crippen molar-refractivity contribution in [2.75, 3.05) is 52.9 Å². The molecule has 0 radical (unpaired) electrons. The lowest BCUT2D eigenvalue weighted by molar-refractivity contribution is -0.119. The Labute approximate surface area is 216 Å². The molecule has 2 aromatic carbocycles. The number of nitrogens with zero attached hydrogens (tertiary/aromatic N) is 2. The highest BCUT2D eigenvalue weighted by molar-refractivity contribution is 5.99. The van der Waals surface area contributed by atoms with E-state index in [1.807, 2.05) is 18.7 Å². The third-order valence-electron chi connectivity index (χ3n) is 6.51. The van der Waals surface area contributed by atoms with Crippen molar-refractivity contribution in [2.24, 2.45) is 5.92 Å². The third-order valence-corrected chi connectivity index (χ3v) is 6.51. The number of ether oxygens (including phenoxy) is 3. The van der Waals surface area contributed by atoms with Crippen LogP contribution in [0, 0.1) is 17.6 Å². The van der Waals surface area contributed by atoms with Gasteiger partial charge in [0.05, 0.1) is 11.7 Å². The maximum atomic E-state index is 14.5. The molecule has 202 valence electrons. The number of methoxy groups -OCH3 is 2. The van der Waals surface area contributed by atoms with Crippen LogP contribution in [0.15, 0.2) is 36.4 Å². The number of hydrogen-bond donors (Lipinski definition) is 1. The number of carbonyl (C=O) groups excluding carboxylic acids is 2. The van der Waals surface area contributed by atoms with Crippen molar-refractivity contribution in [1.82, 2.24) is 9.80 Å². The fourth-order valence-corrected chi connectivity index (χ4v) is 4.36. The maximum Gasteiger partial charge on any atom is 0.257 e. The van der Waals surface area contributed by atoms with Crippen LogP contribution in [-0.2, 0) is 20.8 Å². The Kier molecular flexibility index (Phi) is 9.96. The first-order valence-electron chi connectivity index (χ1n) is 12.1. The van der Waals surface area contributed by atoms with Crippen LogP contribution >= 0.6 is 0 Å². The van der Waals surface area contributed by atoms with Crippen molar-refractivity contribution in [1.29, 1.82) is 0 Å². The minimum atomic E-state index is -0.500. The molecule has 1 aliphatic rings. The van der Waals surface area contributed by atoms with Gasteiger partial charge < -0.3 is 24.4 Å². The molecule has 3 rings (SSSR count). The van der Waals surface area contributed by atoms with Crippen molar-refractivity contribution in [2.45, 2.75) is 32.5 Å². The minimum Gasteiger partial charge on any atom is -0.491 e. The number of nitrogens with one attached hydrogen (secondary N) is 1. The Morgan fingerprint density at radius 3 is 2.59 bits per heavy atom. The molecule has 0 fully saturated rings. The number of rotatable bonds is 6. The van der Waals surface area contributed by atoms with Crippen LogP contribution in [0.1, 0.15) is 29.8 Å². The summed E-state index contributed by atoms with van der Waals surface area (Å²) >= 11 is 0. The zero-order chi connectivity index (χ0) is 27.1. The SMILES string of the molecule is COCC(=O)Nc1ccc2c(c1)C(=O)N(C)C[C@H](OC)[C@H](C)CN(Cc1cc(F)ccc1F)[C@@H](C)CO2. The highest BCUT2D eigenvalue weighted by Crippen LogP contribution is 2.27. The molecule has 0 saturated heterocycles. The molecule has 1 aliphatic heterocycles. The Morgan fingerprint density at radius 2 is 1.89 bits per heavy atom. The van der Waals surface area contributed by atoms with Gasteiger partial charge in [0, 0.05) is 58.2 Å². The standard InChI is InChI=1S/C27H35F2N3O5/c1-17-12-32(13-19-10-20(28)6-8-23(19)29)18(2)15-37-24-9-7-21(30-26(33)16-35-4)11-22(24)27(34)31(3)14-25(17)36-5/h6-11,17-18,25H,12-16H2,1-5H3,(H,30,33)/t17-,18+,25+/m1/s1. The Hall–Kier alpha value is -3.08. The van der Waals surface area contributed by atoms with E-state index >= 15 is 0 Å². The summed E-state index contributed by atoms with van der Waals surface area (Å²) in [6.07, 6.45) is -0.311. The van der Waals surface area contributed by atoms with Gasteiger partial charge in [-0.3, -0.25) is 14.5 Å². The number of carbonyl (C=O) groups is 2. The highest BCUT2D eigenvalue weighted by atomic mass is 19.1. The molecule has 0 bridgehead atoms. The van der Waals surface area contributed by atoms with Gasteiger partial charge in [-0.1, -0.05) is 6.92 Å². The van der Waals surface area contributed by atoms with E-state index in [-0.39, 0.29) is 60.8 Å². The number of amides is 2. The van der Waals surface area contributed by atoms with Crippen LogP contribution in [-0.4, -0.2) is 81.3 Å². The molecule has 8 nitrogen and oxygen atoms in total. The molecular weight excluding hydrogens is 484 g/mol. The van der Waals surface area contributed by atoms with Crippen molar-refractivity contribution in [3.05, 3.63) is 59.2 Å². The summed E-state index contributed by atoms with van der Waals surface area (Å²) in [4.78, 5) is 29.0. The molecule has 0 aliphatic carbocycles. The second-order valence-corrected chi connectivity index (χ2v) is 9.45. The van der Waals surface area contributed by atoms with Gasteiger partial charge in [-0.05, 0) is 49.2 Å². The Morgan fingerprint density at radius 1 is 1.14 bits per heavy atom. The quantitative estimate of drug-likeness (QED) is 0.629. The molecule has 37 heavy (non-hydrogen) atoms. The van der Waals surface area contributed by atoms with Gasteiger partial charge in [0.15, 0.2) is 0 Å². The molecule has 2 amide bonds. The van der Waals surface area contributed by atoms with E-state index in [0.717, 1.165) is 12.1 Å². The van der Waals surface area contributed by atoms with Crippen LogP contribution in [0.4, 0.5) is 14.5 Å². The van der Waals surface area contributed by atoms with E-state index in [4.69, 9.17) is 14.2 Å². The van der Waals surface area contributed by atoms with Crippen LogP contribution in [0.3, 0.4) is 0 Å². The van der Waals surface area contributed by atoms with E-state index in [2.05, 4.69) is 5.32 Å². The molecule has 0 saturated carbocycles. The number of anilines is 1. The predicted octanol–water partition coefficient (Wildman–Crippen LogP) is 3.56. The number of halogens is 2. The zero-order valence-electron chi connectivity index (χ0n) is 21.9. The molecular formula is C27H35F2N3O5. The monoisotopic (exact) mass is 519 g/mol. The summed E-state index contributed by atoms with van der Waals surface area (Å²) in [6, 6.07) is 8.08. The molecule has 1 N–H and O–H groups in total. The first-order valence-corrected chi connectivity index (χ1v) is 12.1. The summed E-state index contributed by atoms with van der Waals surface area (Å²) in [5, 5.41) is 2.71. The van der Waals surface area contributed by atoms with Gasteiger partial charge in [-0.25, -0.2) is 8.78 Å². The molecule has 3 atom stereocenters. The van der Waals surface area contributed by atoms with Crippen molar-refractivity contribution < 1.29 is 32.6 Å². The van der Waals surface area contributed by atoms with Gasteiger partial charge in [0.2, 0.25) is 5.91 Å². The average molecular weight is 520 g/mol. The first kappa shape index (κ1) is 28.5. The topological polar surface area (TPSA) is 80.3 Å². The van der Waals surface area contributed by atoms with E-state index in [1.54, 1.807) is 37.3 Å². The fourth-order valence-electron chi connectivity index (χ4n) is 4.36. The smallest absolute Gasteiger partial charge is 0.257 e. The Balaban J connectivity index is 1.94. The van der Waals surface area contributed by atoms with Gasteiger partial charge in [-0.15, -0.1) is 0 Å². The first-order chi connectivity index (χ1) is 17.6. The third kappa shape index (κ3) is 7.47. The lowest BCUT2D eigenvalue weighted by atomic mass is 10.0. The van der Waals surface area contributed by atoms with Crippen LogP contribution in [0.5, 0.6) is 5.75 Å². The molecule has 0 aromatic heterocycles. The summed E-state index contributed by atoms with van der Waals surface area (Å²) in [6.45, 7) is 5.00. The van der Waals surface area contributed by atoms with Gasteiger partial charge in [-0.2, -0.15) is 0 Å². The second-order valence-electron chi connectivity index (χ2n) is 9.45. The van der Waals surface area contributed by atoms with Crippen LogP contribution in [0.2, 0.25) is 0 Å². The molecule has 0 spiro atoms. The normalized spacial score (nSPS) is 21.4. The fraction of sp³-hybridized carbons (Fsp3) is 0.481. The number of fused-ring (bicyclic) bond motifs is 1. The van der Waals surface area contributed by atoms with E-state index in [9.17, 15) is 18.4 Å².